The number of rotatable bonds is 9. The first-order chi connectivity index (χ1) is 13.5. The molecule has 0 saturated heterocycles. The molecule has 0 aliphatic carbocycles. The number of benzene rings is 1. The Morgan fingerprint density at radius 2 is 2.18 bits per heavy atom. The van der Waals surface area contributed by atoms with Crippen molar-refractivity contribution in [2.24, 2.45) is 7.05 Å². The summed E-state index contributed by atoms with van der Waals surface area (Å²) in [5.41, 5.74) is 2.31. The standard InChI is InChI=1S/C21H26N2O5/c1-4-26-21(25)20-14(2)23(3)19-8-7-16(10-18(19)20)28-13-15(24)11-22-12-17-6-5-9-27-17/h5-10,15,22,24H,4,11-13H2,1-3H3. The van der Waals surface area contributed by atoms with E-state index in [4.69, 9.17) is 13.9 Å². The Morgan fingerprint density at radius 1 is 1.36 bits per heavy atom. The lowest BCUT2D eigenvalue weighted by atomic mass is 10.1. The van der Waals surface area contributed by atoms with Crippen molar-refractivity contribution in [3.8, 4) is 5.75 Å². The number of nitrogens with one attached hydrogen (secondary N) is 1. The monoisotopic (exact) mass is 386 g/mol. The number of hydrogen-bond donors (Lipinski definition) is 2. The highest BCUT2D eigenvalue weighted by Crippen LogP contribution is 2.29. The van der Waals surface area contributed by atoms with Gasteiger partial charge >= 0.3 is 5.97 Å². The number of aryl methyl sites for hydroxylation is 1. The molecular formula is C21H26N2O5. The van der Waals surface area contributed by atoms with E-state index in [1.807, 2.05) is 48.9 Å². The van der Waals surface area contributed by atoms with Gasteiger partial charge in [0.05, 0.1) is 25.0 Å². The average molecular weight is 386 g/mol. The van der Waals surface area contributed by atoms with Gasteiger partial charge in [0.25, 0.3) is 0 Å². The lowest BCUT2D eigenvalue weighted by molar-refractivity contribution is 0.0527. The second-order valence-corrected chi connectivity index (χ2v) is 6.59. The highest BCUT2D eigenvalue weighted by Gasteiger charge is 2.20. The van der Waals surface area contributed by atoms with E-state index in [0.717, 1.165) is 22.4 Å². The Morgan fingerprint density at radius 3 is 2.89 bits per heavy atom. The van der Waals surface area contributed by atoms with Crippen LogP contribution in [0.1, 0.15) is 28.7 Å². The van der Waals surface area contributed by atoms with Crippen molar-refractivity contribution in [2.75, 3.05) is 19.8 Å². The van der Waals surface area contributed by atoms with E-state index in [1.165, 1.54) is 0 Å². The highest BCUT2D eigenvalue weighted by molar-refractivity contribution is 6.06. The summed E-state index contributed by atoms with van der Waals surface area (Å²) in [6.45, 7) is 5.05. The summed E-state index contributed by atoms with van der Waals surface area (Å²) in [5.74, 6) is 1.06. The first-order valence-electron chi connectivity index (χ1n) is 9.31. The largest absolute Gasteiger partial charge is 0.491 e. The van der Waals surface area contributed by atoms with Crippen LogP contribution in [-0.4, -0.2) is 41.5 Å². The van der Waals surface area contributed by atoms with E-state index in [1.54, 1.807) is 13.2 Å². The van der Waals surface area contributed by atoms with Crippen molar-refractivity contribution in [3.05, 3.63) is 53.6 Å². The van der Waals surface area contributed by atoms with Gasteiger partial charge in [-0.1, -0.05) is 0 Å². The van der Waals surface area contributed by atoms with Gasteiger partial charge in [-0.05, 0) is 44.2 Å². The molecule has 0 aliphatic heterocycles. The number of hydrogen-bond acceptors (Lipinski definition) is 6. The second kappa shape index (κ2) is 8.95. The minimum Gasteiger partial charge on any atom is -0.491 e. The van der Waals surface area contributed by atoms with Gasteiger partial charge in [-0.2, -0.15) is 0 Å². The average Bonchev–Trinajstić information content (AvgIpc) is 3.27. The highest BCUT2D eigenvalue weighted by atomic mass is 16.5. The van der Waals surface area contributed by atoms with Gasteiger partial charge in [-0.25, -0.2) is 4.79 Å². The van der Waals surface area contributed by atoms with Gasteiger partial charge in [0.2, 0.25) is 0 Å². The van der Waals surface area contributed by atoms with Crippen molar-refractivity contribution < 1.29 is 23.8 Å². The molecule has 150 valence electrons. The summed E-state index contributed by atoms with van der Waals surface area (Å²) in [4.78, 5) is 12.4. The normalized spacial score (nSPS) is 12.3. The number of nitrogens with zero attached hydrogens (tertiary/aromatic N) is 1. The zero-order valence-corrected chi connectivity index (χ0v) is 16.4. The Kier molecular flexibility index (Phi) is 6.38. The molecule has 3 rings (SSSR count). The van der Waals surface area contributed by atoms with Gasteiger partial charge in [-0.15, -0.1) is 0 Å². The molecule has 1 aromatic carbocycles. The predicted molar refractivity (Wildman–Crippen MR) is 106 cm³/mol. The molecule has 0 bridgehead atoms. The van der Waals surface area contributed by atoms with Crippen LogP contribution in [0.15, 0.2) is 41.0 Å². The van der Waals surface area contributed by atoms with E-state index < -0.39 is 6.10 Å². The lowest BCUT2D eigenvalue weighted by Gasteiger charge is -2.13. The molecule has 0 saturated carbocycles. The fourth-order valence-corrected chi connectivity index (χ4v) is 3.13. The van der Waals surface area contributed by atoms with E-state index in [-0.39, 0.29) is 12.6 Å². The Labute approximate surface area is 163 Å². The van der Waals surface area contributed by atoms with Crippen LogP contribution in [0, 0.1) is 6.92 Å². The summed E-state index contributed by atoms with van der Waals surface area (Å²) in [6, 6.07) is 9.25. The first-order valence-corrected chi connectivity index (χ1v) is 9.31. The van der Waals surface area contributed by atoms with Gasteiger partial charge < -0.3 is 28.9 Å². The topological polar surface area (TPSA) is 85.9 Å². The number of carbonyl (C=O) groups excluding carboxylic acids is 1. The van der Waals surface area contributed by atoms with Crippen molar-refractivity contribution in [1.82, 2.24) is 9.88 Å². The number of furan rings is 1. The molecular weight excluding hydrogens is 360 g/mol. The molecule has 3 aromatic rings. The van der Waals surface area contributed by atoms with E-state index in [9.17, 15) is 9.90 Å². The minimum absolute atomic E-state index is 0.136. The van der Waals surface area contributed by atoms with Gasteiger partial charge in [0.1, 0.15) is 24.2 Å². The third-order valence-corrected chi connectivity index (χ3v) is 4.64. The smallest absolute Gasteiger partial charge is 0.340 e. The van der Waals surface area contributed by atoms with Crippen LogP contribution < -0.4 is 10.1 Å². The molecule has 7 nitrogen and oxygen atoms in total. The molecule has 2 N–H and O–H groups in total. The SMILES string of the molecule is CCOC(=O)c1c(C)n(C)c2ccc(OCC(O)CNCc3ccco3)cc12. The van der Waals surface area contributed by atoms with Crippen LogP contribution in [0.4, 0.5) is 0 Å². The quantitative estimate of drug-likeness (QED) is 0.550. The van der Waals surface area contributed by atoms with Crippen molar-refractivity contribution in [3.63, 3.8) is 0 Å². The molecule has 1 atom stereocenters. The molecule has 0 radical (unpaired) electrons. The Balaban J connectivity index is 1.64. The zero-order valence-electron chi connectivity index (χ0n) is 16.4. The van der Waals surface area contributed by atoms with Crippen LogP contribution in [0.2, 0.25) is 0 Å². The van der Waals surface area contributed by atoms with Crippen molar-refractivity contribution >= 4 is 16.9 Å². The fraction of sp³-hybridized carbons (Fsp3) is 0.381. The number of fused-ring (bicyclic) bond motifs is 1. The number of carbonyl (C=O) groups is 1. The van der Waals surface area contributed by atoms with Gasteiger partial charge in [-0.3, -0.25) is 0 Å². The summed E-state index contributed by atoms with van der Waals surface area (Å²) in [7, 11) is 1.91. The molecule has 0 amide bonds. The van der Waals surface area contributed by atoms with Crippen LogP contribution in [0.5, 0.6) is 5.75 Å². The number of aliphatic hydroxyl groups is 1. The maximum atomic E-state index is 12.4. The maximum absolute atomic E-state index is 12.4. The number of ether oxygens (including phenoxy) is 2. The Bertz CT molecular complexity index is 930. The lowest BCUT2D eigenvalue weighted by Crippen LogP contribution is -2.31. The van der Waals surface area contributed by atoms with Crippen LogP contribution >= 0.6 is 0 Å². The van der Waals surface area contributed by atoms with E-state index in [0.29, 0.717) is 31.0 Å². The van der Waals surface area contributed by atoms with Crippen molar-refractivity contribution in [1.29, 1.82) is 0 Å². The fourth-order valence-electron chi connectivity index (χ4n) is 3.13. The van der Waals surface area contributed by atoms with Crippen molar-refractivity contribution in [2.45, 2.75) is 26.5 Å². The zero-order chi connectivity index (χ0) is 20.1. The molecule has 2 heterocycles. The number of aliphatic hydroxyl groups excluding tert-OH is 1. The molecule has 28 heavy (non-hydrogen) atoms. The molecule has 7 heteroatoms. The molecule has 0 fully saturated rings. The van der Waals surface area contributed by atoms with E-state index >= 15 is 0 Å². The third kappa shape index (κ3) is 4.37. The van der Waals surface area contributed by atoms with Gasteiger partial charge in [0, 0.05) is 30.2 Å². The predicted octanol–water partition coefficient (Wildman–Crippen LogP) is 2.79. The maximum Gasteiger partial charge on any atom is 0.340 e. The van der Waals surface area contributed by atoms with Crippen LogP contribution in [0.25, 0.3) is 10.9 Å². The third-order valence-electron chi connectivity index (χ3n) is 4.64. The van der Waals surface area contributed by atoms with Gasteiger partial charge in [0.15, 0.2) is 0 Å². The summed E-state index contributed by atoms with van der Waals surface area (Å²) >= 11 is 0. The summed E-state index contributed by atoms with van der Waals surface area (Å²) in [6.07, 6.45) is 0.940. The van der Waals surface area contributed by atoms with E-state index in [2.05, 4.69) is 5.32 Å². The summed E-state index contributed by atoms with van der Waals surface area (Å²) < 4.78 is 18.1. The summed E-state index contributed by atoms with van der Waals surface area (Å²) in [5, 5.41) is 14.0. The molecule has 2 aromatic heterocycles. The number of aromatic nitrogens is 1. The minimum atomic E-state index is -0.673. The molecule has 0 aliphatic rings. The molecule has 0 spiro atoms. The van der Waals surface area contributed by atoms with Crippen LogP contribution in [-0.2, 0) is 18.3 Å². The Hall–Kier alpha value is -2.77. The van der Waals surface area contributed by atoms with Crippen LogP contribution in [0.3, 0.4) is 0 Å². The number of esters is 1. The molecule has 1 unspecified atom stereocenters. The second-order valence-electron chi connectivity index (χ2n) is 6.59. The first kappa shape index (κ1) is 20.0.